The van der Waals surface area contributed by atoms with E-state index < -0.39 is 23.4 Å². The maximum atomic E-state index is 16.2. The summed E-state index contributed by atoms with van der Waals surface area (Å²) in [6, 6.07) is 12.0. The number of ether oxygens (including phenoxy) is 2. The molecule has 3 aromatic carbocycles. The van der Waals surface area contributed by atoms with Crippen LogP contribution in [0.1, 0.15) is 35.3 Å². The summed E-state index contributed by atoms with van der Waals surface area (Å²) in [5.74, 6) is -3.23. The lowest BCUT2D eigenvalue weighted by molar-refractivity contribution is 0.0600. The lowest BCUT2D eigenvalue weighted by Crippen LogP contribution is -2.12. The number of aromatic amines is 1. The summed E-state index contributed by atoms with van der Waals surface area (Å²) in [4.78, 5) is 12.0. The average molecular weight is 508 g/mol. The molecule has 190 valence electrons. The van der Waals surface area contributed by atoms with Gasteiger partial charge in [0.1, 0.15) is 5.52 Å². The van der Waals surface area contributed by atoms with Crippen LogP contribution in [0.25, 0.3) is 38.6 Å². The summed E-state index contributed by atoms with van der Waals surface area (Å²) in [5, 5.41) is 7.52. The predicted octanol–water partition coefficient (Wildman–Crippen LogP) is 6.52. The van der Waals surface area contributed by atoms with Gasteiger partial charge in [-0.2, -0.15) is 5.10 Å². The Balaban J connectivity index is 1.94. The van der Waals surface area contributed by atoms with Gasteiger partial charge in [0, 0.05) is 46.8 Å². The van der Waals surface area contributed by atoms with Crippen LogP contribution < -0.4 is 0 Å². The number of hydrogen-bond donors (Lipinski definition) is 1. The molecule has 0 saturated heterocycles. The number of carbonyl (C=O) groups excluding carboxylic acids is 1. The maximum absolute atomic E-state index is 16.2. The van der Waals surface area contributed by atoms with Crippen LogP contribution in [0.5, 0.6) is 0 Å². The van der Waals surface area contributed by atoms with Crippen molar-refractivity contribution in [2.75, 3.05) is 20.8 Å². The number of rotatable bonds is 7. The van der Waals surface area contributed by atoms with Crippen molar-refractivity contribution in [3.8, 4) is 16.8 Å². The molecule has 9 heteroatoms. The van der Waals surface area contributed by atoms with Crippen molar-refractivity contribution in [2.24, 2.45) is 0 Å². The molecule has 0 aliphatic carbocycles. The number of halogens is 3. The number of methoxy groups -OCH3 is 2. The lowest BCUT2D eigenvalue weighted by atomic mass is 9.92. The van der Waals surface area contributed by atoms with E-state index in [4.69, 9.17) is 9.47 Å². The molecule has 2 aromatic heterocycles. The van der Waals surface area contributed by atoms with Gasteiger partial charge in [0.05, 0.1) is 31.0 Å². The van der Waals surface area contributed by atoms with Crippen LogP contribution in [0, 0.1) is 17.5 Å². The molecular weight excluding hydrogens is 483 g/mol. The topological polar surface area (TPSA) is 69.1 Å². The van der Waals surface area contributed by atoms with Gasteiger partial charge in [0.15, 0.2) is 17.5 Å². The maximum Gasteiger partial charge on any atom is 0.337 e. The third-order valence-corrected chi connectivity index (χ3v) is 6.65. The molecule has 6 nitrogen and oxygen atoms in total. The quantitative estimate of drug-likeness (QED) is 0.255. The van der Waals surface area contributed by atoms with E-state index in [2.05, 4.69) is 10.2 Å². The largest absolute Gasteiger partial charge is 0.465 e. The van der Waals surface area contributed by atoms with Crippen molar-refractivity contribution in [3.63, 3.8) is 0 Å². The molecule has 5 aromatic rings. The molecule has 0 spiro atoms. The van der Waals surface area contributed by atoms with Gasteiger partial charge in [0.2, 0.25) is 0 Å². The van der Waals surface area contributed by atoms with E-state index >= 15 is 4.39 Å². The van der Waals surface area contributed by atoms with Crippen molar-refractivity contribution in [1.29, 1.82) is 0 Å². The molecule has 2 heterocycles. The zero-order valence-corrected chi connectivity index (χ0v) is 20.4. The summed E-state index contributed by atoms with van der Waals surface area (Å²) in [6.07, 6.45) is 2.14. The first-order valence-corrected chi connectivity index (χ1v) is 11.7. The van der Waals surface area contributed by atoms with Crippen molar-refractivity contribution in [2.45, 2.75) is 19.3 Å². The van der Waals surface area contributed by atoms with Gasteiger partial charge in [-0.1, -0.05) is 19.1 Å². The third kappa shape index (κ3) is 4.05. The summed E-state index contributed by atoms with van der Waals surface area (Å²) in [6.45, 7) is 2.29. The number of carbonyl (C=O) groups is 1. The molecule has 0 bridgehead atoms. The first-order chi connectivity index (χ1) is 17.9. The minimum absolute atomic E-state index is 0.225. The Morgan fingerprint density at radius 3 is 2.46 bits per heavy atom. The van der Waals surface area contributed by atoms with Crippen molar-refractivity contribution < 1.29 is 27.4 Å². The van der Waals surface area contributed by atoms with E-state index in [1.165, 1.54) is 19.4 Å². The molecule has 5 rings (SSSR count). The van der Waals surface area contributed by atoms with Crippen LogP contribution in [0.4, 0.5) is 13.2 Å². The smallest absolute Gasteiger partial charge is 0.337 e. The fraction of sp³-hybridized carbons (Fsp3) is 0.214. The normalized spacial score (nSPS) is 12.4. The van der Waals surface area contributed by atoms with Crippen LogP contribution in [0.15, 0.2) is 54.7 Å². The molecule has 37 heavy (non-hydrogen) atoms. The Labute approximate surface area is 210 Å². The Bertz CT molecular complexity index is 1620. The highest BCUT2D eigenvalue weighted by Crippen LogP contribution is 2.44. The third-order valence-electron chi connectivity index (χ3n) is 6.65. The van der Waals surface area contributed by atoms with Crippen LogP contribution in [0.3, 0.4) is 0 Å². The molecule has 1 atom stereocenters. The molecule has 0 aliphatic heterocycles. The Kier molecular flexibility index (Phi) is 6.47. The fourth-order valence-corrected chi connectivity index (χ4v) is 4.88. The molecule has 0 fully saturated rings. The number of aromatic nitrogens is 3. The Morgan fingerprint density at radius 1 is 1.05 bits per heavy atom. The van der Waals surface area contributed by atoms with Crippen LogP contribution in [-0.4, -0.2) is 41.6 Å². The van der Waals surface area contributed by atoms with E-state index in [1.807, 2.05) is 6.92 Å². The second-order valence-corrected chi connectivity index (χ2v) is 8.74. The fourth-order valence-electron chi connectivity index (χ4n) is 4.88. The number of hydrogen-bond acceptors (Lipinski definition) is 4. The van der Waals surface area contributed by atoms with Crippen molar-refractivity contribution in [3.05, 3.63) is 83.4 Å². The van der Waals surface area contributed by atoms with Gasteiger partial charge in [-0.05, 0) is 42.3 Å². The van der Waals surface area contributed by atoms with E-state index in [0.29, 0.717) is 52.0 Å². The molecule has 0 aliphatic rings. The van der Waals surface area contributed by atoms with E-state index in [0.717, 1.165) is 12.1 Å². The Morgan fingerprint density at radius 2 is 1.81 bits per heavy atom. The molecule has 0 saturated carbocycles. The summed E-state index contributed by atoms with van der Waals surface area (Å²) in [5.41, 5.74) is 3.26. The lowest BCUT2D eigenvalue weighted by Gasteiger charge is -2.21. The second-order valence-electron chi connectivity index (χ2n) is 8.74. The number of H-pyrrole nitrogens is 1. The monoisotopic (exact) mass is 507 g/mol. The molecule has 0 radical (unpaired) electrons. The minimum atomic E-state index is -1.01. The average Bonchev–Trinajstić information content (AvgIpc) is 3.52. The molecular formula is C28H24F3N3O3. The van der Waals surface area contributed by atoms with Crippen molar-refractivity contribution in [1.82, 2.24) is 14.8 Å². The highest BCUT2D eigenvalue weighted by atomic mass is 19.2. The van der Waals surface area contributed by atoms with Gasteiger partial charge in [0.25, 0.3) is 0 Å². The number of nitrogens with one attached hydrogen (secondary N) is 1. The second kappa shape index (κ2) is 9.74. The van der Waals surface area contributed by atoms with E-state index in [1.54, 1.807) is 42.0 Å². The van der Waals surface area contributed by atoms with Gasteiger partial charge >= 0.3 is 5.97 Å². The summed E-state index contributed by atoms with van der Waals surface area (Å²) in [7, 11) is 2.87. The predicted molar refractivity (Wildman–Crippen MR) is 134 cm³/mol. The van der Waals surface area contributed by atoms with Gasteiger partial charge in [-0.3, -0.25) is 5.10 Å². The number of nitrogens with zero attached hydrogens (tertiary/aromatic N) is 2. The first kappa shape index (κ1) is 24.6. The van der Waals surface area contributed by atoms with Gasteiger partial charge in [-0.15, -0.1) is 0 Å². The highest BCUT2D eigenvalue weighted by Gasteiger charge is 2.29. The van der Waals surface area contributed by atoms with E-state index in [9.17, 15) is 13.6 Å². The van der Waals surface area contributed by atoms with Gasteiger partial charge < -0.3 is 14.0 Å². The van der Waals surface area contributed by atoms with Crippen LogP contribution in [-0.2, 0) is 9.47 Å². The van der Waals surface area contributed by atoms with Crippen LogP contribution in [0.2, 0.25) is 0 Å². The Hall–Kier alpha value is -4.11. The van der Waals surface area contributed by atoms with E-state index in [-0.39, 0.29) is 16.8 Å². The molecule has 1 N–H and O–H groups in total. The number of fused-ring (bicyclic) bond motifs is 2. The highest BCUT2D eigenvalue weighted by molar-refractivity contribution is 6.06. The van der Waals surface area contributed by atoms with Crippen molar-refractivity contribution >= 4 is 27.8 Å². The zero-order chi connectivity index (χ0) is 26.3. The number of esters is 1. The summed E-state index contributed by atoms with van der Waals surface area (Å²) < 4.78 is 56.6. The summed E-state index contributed by atoms with van der Waals surface area (Å²) >= 11 is 0. The molecule has 1 unspecified atom stereocenters. The molecule has 0 amide bonds. The number of benzene rings is 3. The SMILES string of the molecule is CCC(COC)c1c(-c2ccc(C(=O)OC)cc2)c2c(F)c3[nH]ncc3cc2n1-c1ccc(F)c(F)c1. The van der Waals surface area contributed by atoms with Gasteiger partial charge in [-0.25, -0.2) is 18.0 Å². The van der Waals surface area contributed by atoms with Crippen LogP contribution >= 0.6 is 0 Å². The zero-order valence-electron chi connectivity index (χ0n) is 20.4. The first-order valence-electron chi connectivity index (χ1n) is 11.7. The minimum Gasteiger partial charge on any atom is -0.465 e. The standard InChI is InChI=1S/C28H24F3N3O3/c1-4-15(14-36-2)27-23(16-5-7-17(8-6-16)28(35)37-3)24-22(11-18-13-32-33-26(18)25(24)31)34(27)19-9-10-20(29)21(30)12-19/h5-13,15H,4,14H2,1-3H3,(H,32,33).